The molecule has 1 saturated heterocycles. The number of sulfonamides is 1. The van der Waals surface area contributed by atoms with E-state index in [1.165, 1.54) is 20.4 Å². The van der Waals surface area contributed by atoms with Gasteiger partial charge in [-0.1, -0.05) is 32.4 Å². The number of carboxylic acid groups (broad SMARTS) is 1. The highest BCUT2D eigenvalue weighted by Gasteiger charge is 2.64. The Hall–Kier alpha value is -5.40. The van der Waals surface area contributed by atoms with Gasteiger partial charge in [-0.3, -0.25) is 28.6 Å². The Morgan fingerprint density at radius 1 is 1.14 bits per heavy atom. The van der Waals surface area contributed by atoms with Gasteiger partial charge in [0.1, 0.15) is 52.9 Å². The van der Waals surface area contributed by atoms with Crippen molar-refractivity contribution < 1.29 is 55.3 Å². The van der Waals surface area contributed by atoms with Crippen LogP contribution in [0.15, 0.2) is 55.1 Å². The molecule has 3 fully saturated rings. The molecule has 2 aromatic heterocycles. The van der Waals surface area contributed by atoms with Gasteiger partial charge in [0, 0.05) is 42.3 Å². The topological polar surface area (TPSA) is 202 Å². The summed E-state index contributed by atoms with van der Waals surface area (Å²) < 4.78 is 86.1. The largest absolute Gasteiger partial charge is 0.497 e. The van der Waals surface area contributed by atoms with Crippen molar-refractivity contribution in [2.45, 2.75) is 126 Å². The smallest absolute Gasteiger partial charge is 0.411 e. The zero-order valence-corrected chi connectivity index (χ0v) is 36.8. The van der Waals surface area contributed by atoms with E-state index in [9.17, 15) is 41.1 Å². The summed E-state index contributed by atoms with van der Waals surface area (Å²) in [4.78, 5) is 67.4. The Morgan fingerprint density at radius 3 is 2.49 bits per heavy atom. The summed E-state index contributed by atoms with van der Waals surface area (Å²) in [6.07, 6.45) is 2.00. The molecule has 4 heterocycles. The normalized spacial score (nSPS) is 27.6. The van der Waals surface area contributed by atoms with Crippen molar-refractivity contribution in [1.29, 1.82) is 0 Å². The molecule has 2 saturated carbocycles. The number of ether oxygens (including phenoxy) is 2. The lowest BCUT2D eigenvalue weighted by atomic mass is 9.82. The lowest BCUT2D eigenvalue weighted by Crippen LogP contribution is -2.66. The highest BCUT2D eigenvalue weighted by atomic mass is 32.2. The number of benzene rings is 1. The molecule has 0 bridgehead atoms. The van der Waals surface area contributed by atoms with Crippen LogP contribution in [0.4, 0.5) is 18.0 Å². The molecular weight excluding hydrogens is 848 g/mol. The summed E-state index contributed by atoms with van der Waals surface area (Å²) in [6, 6.07) is 3.32. The van der Waals surface area contributed by atoms with Gasteiger partial charge in [0.15, 0.2) is 0 Å². The van der Waals surface area contributed by atoms with Crippen molar-refractivity contribution >= 4 is 44.7 Å². The lowest BCUT2D eigenvalue weighted by molar-refractivity contribution is -0.222. The number of allylic oxidation sites excluding steroid dienone is 1. The van der Waals surface area contributed by atoms with E-state index in [2.05, 4.69) is 15.0 Å². The number of carbonyl (C=O) groups is 4. The summed E-state index contributed by atoms with van der Waals surface area (Å²) in [5.74, 6) is -3.43. The Morgan fingerprint density at radius 2 is 1.87 bits per heavy atom. The molecule has 63 heavy (non-hydrogen) atoms. The molecule has 0 unspecified atom stereocenters. The Labute approximate surface area is 363 Å². The summed E-state index contributed by atoms with van der Waals surface area (Å²) in [6.45, 7) is 6.11. The monoisotopic (exact) mass is 901 g/mol. The fourth-order valence-electron chi connectivity index (χ4n) is 8.86. The van der Waals surface area contributed by atoms with Crippen LogP contribution in [0.2, 0.25) is 0 Å². The number of nitrogens with one attached hydrogen (secondary N) is 2. The molecule has 4 aliphatic rings. The first kappa shape index (κ1) is 45.6. The van der Waals surface area contributed by atoms with Crippen LogP contribution in [-0.2, 0) is 24.4 Å². The van der Waals surface area contributed by atoms with Gasteiger partial charge < -0.3 is 24.8 Å². The van der Waals surface area contributed by atoms with Gasteiger partial charge in [0.25, 0.3) is 5.91 Å². The minimum atomic E-state index is -5.11. The number of alkyl halides is 3. The van der Waals surface area contributed by atoms with Crippen molar-refractivity contribution in [3.63, 3.8) is 0 Å². The molecule has 342 valence electrons. The van der Waals surface area contributed by atoms with Crippen molar-refractivity contribution in [2.75, 3.05) is 13.7 Å². The van der Waals surface area contributed by atoms with Gasteiger partial charge in [-0.25, -0.2) is 23.2 Å². The summed E-state index contributed by atoms with van der Waals surface area (Å²) in [5, 5.41) is 13.9. The van der Waals surface area contributed by atoms with E-state index in [-0.39, 0.29) is 48.8 Å². The van der Waals surface area contributed by atoms with Crippen LogP contribution in [0.3, 0.4) is 0 Å². The maximum atomic E-state index is 15.3. The van der Waals surface area contributed by atoms with Gasteiger partial charge in [0.05, 0.1) is 23.9 Å². The first-order valence-corrected chi connectivity index (χ1v) is 22.6. The zero-order valence-electron chi connectivity index (χ0n) is 36.0. The molecule has 3 N–H and O–H groups in total. The van der Waals surface area contributed by atoms with Crippen LogP contribution in [0.5, 0.6) is 11.5 Å². The van der Waals surface area contributed by atoms with Gasteiger partial charge in [0.2, 0.25) is 21.8 Å². The minimum absolute atomic E-state index is 0.0417. The highest BCUT2D eigenvalue weighted by Crippen LogP contribution is 2.48. The van der Waals surface area contributed by atoms with Crippen LogP contribution >= 0.6 is 0 Å². The number of fused-ring (bicyclic) bond motifs is 3. The Kier molecular flexibility index (Phi) is 12.0. The number of methoxy groups -OCH3 is 1. The molecule has 2 aliphatic heterocycles. The molecule has 3 aromatic rings. The van der Waals surface area contributed by atoms with E-state index in [4.69, 9.17) is 14.5 Å². The maximum Gasteiger partial charge on any atom is 0.411 e. The molecule has 4 amide bonds. The zero-order chi connectivity index (χ0) is 45.9. The molecule has 1 aromatic carbocycles. The second-order valence-corrected chi connectivity index (χ2v) is 20.3. The molecule has 0 spiro atoms. The minimum Gasteiger partial charge on any atom is -0.497 e. The van der Waals surface area contributed by atoms with E-state index in [0.29, 0.717) is 62.0 Å². The third-order valence-corrected chi connectivity index (χ3v) is 15.5. The second kappa shape index (κ2) is 16.6. The standard InChI is InChI=1S/C43H54F3N7O9S/c1-7-26-18-25(2)10-8-9-11-27-22-42(27,38(56)50-63(59,60)41(5)14-15-41)49-36(54)32-20-29(23-52(32)37(55)35(26)53(39(57)58)40(3,4)43(44,45)46)62-33-21-34(51-17-16-47-24-51)48-31-19-28(61-6)12-13-30(31)33/h9,11-13,16-17,19,21,24-27,29,32,35H,7-8,10,14-15,18,20,22-23H2,1-6H3,(H,49,54)(H,50,56)(H,57,58)/t25-,26-,27-,29-,32+,35+,42-/m1/s1. The van der Waals surface area contributed by atoms with Crippen LogP contribution in [0.1, 0.15) is 86.0 Å². The predicted octanol–water partition coefficient (Wildman–Crippen LogP) is 5.74. The summed E-state index contributed by atoms with van der Waals surface area (Å²) >= 11 is 0. The number of carbonyl (C=O) groups excluding carboxylic acids is 3. The van der Waals surface area contributed by atoms with E-state index in [0.717, 1.165) is 4.90 Å². The van der Waals surface area contributed by atoms with Gasteiger partial charge in [-0.15, -0.1) is 0 Å². The van der Waals surface area contributed by atoms with E-state index >= 15 is 4.79 Å². The first-order chi connectivity index (χ1) is 29.6. The van der Waals surface area contributed by atoms with Crippen LogP contribution in [0.25, 0.3) is 16.7 Å². The van der Waals surface area contributed by atoms with E-state index in [1.807, 2.05) is 13.0 Å². The van der Waals surface area contributed by atoms with Crippen LogP contribution < -0.4 is 19.5 Å². The van der Waals surface area contributed by atoms with Crippen molar-refractivity contribution in [3.05, 3.63) is 55.1 Å². The van der Waals surface area contributed by atoms with Crippen LogP contribution in [0, 0.1) is 17.8 Å². The summed E-state index contributed by atoms with van der Waals surface area (Å²) in [5.41, 5.74) is -4.33. The molecule has 7 atom stereocenters. The fraction of sp³-hybridized carbons (Fsp3) is 0.581. The number of imidazole rings is 1. The van der Waals surface area contributed by atoms with E-state index in [1.54, 1.807) is 54.2 Å². The molecule has 20 heteroatoms. The molecular formula is C43H54F3N7O9S. The Bertz CT molecular complexity index is 2410. The third-order valence-electron chi connectivity index (χ3n) is 13.4. The number of hydrogen-bond acceptors (Lipinski definition) is 10. The van der Waals surface area contributed by atoms with Crippen LogP contribution in [-0.4, -0.2) is 116 Å². The van der Waals surface area contributed by atoms with Crippen molar-refractivity contribution in [1.82, 2.24) is 34.4 Å². The van der Waals surface area contributed by atoms with E-state index < -0.39 is 85.9 Å². The number of nitrogens with zero attached hydrogens (tertiary/aromatic N) is 5. The maximum absolute atomic E-state index is 15.3. The van der Waals surface area contributed by atoms with Gasteiger partial charge in [-0.05, 0) is 83.3 Å². The summed E-state index contributed by atoms with van der Waals surface area (Å²) in [7, 11) is -2.64. The average Bonchev–Trinajstić information content (AvgIpc) is 3.97. The average molecular weight is 902 g/mol. The second-order valence-electron chi connectivity index (χ2n) is 18.1. The number of rotatable bonds is 10. The number of hydrogen-bond donors (Lipinski definition) is 3. The van der Waals surface area contributed by atoms with Crippen molar-refractivity contribution in [3.8, 4) is 17.3 Å². The van der Waals surface area contributed by atoms with Gasteiger partial charge in [-0.2, -0.15) is 13.2 Å². The third kappa shape index (κ3) is 8.66. The highest BCUT2D eigenvalue weighted by molar-refractivity contribution is 7.91. The Balaban J connectivity index is 1.33. The first-order valence-electron chi connectivity index (χ1n) is 21.1. The number of halogens is 3. The molecule has 7 rings (SSSR count). The predicted molar refractivity (Wildman–Crippen MR) is 223 cm³/mol. The molecule has 2 aliphatic carbocycles. The number of amides is 4. The van der Waals surface area contributed by atoms with Gasteiger partial charge >= 0.3 is 12.3 Å². The quantitative estimate of drug-likeness (QED) is 0.210. The lowest BCUT2D eigenvalue weighted by Gasteiger charge is -2.46. The fourth-order valence-corrected chi connectivity index (χ4v) is 10.2. The van der Waals surface area contributed by atoms with Crippen molar-refractivity contribution in [2.24, 2.45) is 17.8 Å². The SMILES string of the molecule is CC[C@@H]1C[C@H](C)CCC=C[C@@H]2C[C@@]2(C(=O)NS(=O)(=O)C2(C)CC2)NC(=O)[C@@H]2C[C@@H](Oc3cc(-n4ccnc4)nc4cc(OC)ccc34)CN2C(=O)[C@H]1N(C(=O)O)C(C)(C)C(F)(F)F. The number of aromatic nitrogens is 3. The molecule has 0 radical (unpaired) electrons. The molecule has 16 nitrogen and oxygen atoms in total. The number of pyridine rings is 1.